The van der Waals surface area contributed by atoms with Crippen molar-refractivity contribution in [3.63, 3.8) is 0 Å². The van der Waals surface area contributed by atoms with Crippen LogP contribution in [0.25, 0.3) is 21.9 Å². The molecule has 0 aliphatic carbocycles. The molecule has 1 aromatic heterocycles. The zero-order valence-electron chi connectivity index (χ0n) is 17.0. The molecule has 0 fully saturated rings. The van der Waals surface area contributed by atoms with Crippen LogP contribution in [-0.4, -0.2) is 16.8 Å². The monoisotopic (exact) mass is 476 g/mol. The quantitative estimate of drug-likeness (QED) is 0.351. The van der Waals surface area contributed by atoms with Crippen molar-refractivity contribution in [2.24, 2.45) is 0 Å². The van der Waals surface area contributed by atoms with Crippen LogP contribution in [0.4, 0.5) is 0 Å². The molecule has 33 heavy (non-hydrogen) atoms. The molecule has 5 aromatic rings. The molecule has 0 unspecified atom stereocenters. The van der Waals surface area contributed by atoms with E-state index < -0.39 is 34.9 Å². The summed E-state index contributed by atoms with van der Waals surface area (Å²) in [5.41, 5.74) is -0.358. The lowest BCUT2D eigenvalue weighted by Crippen LogP contribution is -2.15. The van der Waals surface area contributed by atoms with Crippen LogP contribution in [0.5, 0.6) is 0 Å². The van der Waals surface area contributed by atoms with E-state index in [1.54, 1.807) is 42.5 Å². The molecule has 6 nitrogen and oxygen atoms in total. The van der Waals surface area contributed by atoms with Crippen molar-refractivity contribution < 1.29 is 21.3 Å². The van der Waals surface area contributed by atoms with Crippen LogP contribution in [0.15, 0.2) is 126 Å². The van der Waals surface area contributed by atoms with Gasteiger partial charge in [-0.3, -0.25) is 4.79 Å². The van der Waals surface area contributed by atoms with Crippen molar-refractivity contribution in [2.45, 2.75) is 19.6 Å². The minimum Gasteiger partial charge on any atom is -0.456 e. The van der Waals surface area contributed by atoms with Crippen molar-refractivity contribution in [2.75, 3.05) is 0 Å². The molecule has 0 saturated heterocycles. The van der Waals surface area contributed by atoms with Crippen molar-refractivity contribution >= 4 is 41.6 Å². The van der Waals surface area contributed by atoms with E-state index in [-0.39, 0.29) is 31.7 Å². The van der Waals surface area contributed by atoms with Crippen molar-refractivity contribution in [3.8, 4) is 0 Å². The first-order valence-corrected chi connectivity index (χ1v) is 12.9. The molecule has 0 atom stereocenters. The third-order valence-electron chi connectivity index (χ3n) is 5.33. The highest BCUT2D eigenvalue weighted by molar-refractivity contribution is 7.94. The van der Waals surface area contributed by atoms with E-state index in [4.69, 9.17) is 4.42 Å². The Morgan fingerprint density at radius 2 is 1.09 bits per heavy atom. The topological polar surface area (TPSA) is 98.5 Å². The highest BCUT2D eigenvalue weighted by Gasteiger charge is 2.33. The lowest BCUT2D eigenvalue weighted by Gasteiger charge is -2.14. The summed E-state index contributed by atoms with van der Waals surface area (Å²) >= 11 is 0. The summed E-state index contributed by atoms with van der Waals surface area (Å²) in [5, 5.41) is -0.140. The fourth-order valence-electron chi connectivity index (χ4n) is 3.76. The molecule has 0 N–H and O–H groups in total. The molecule has 8 heteroatoms. The van der Waals surface area contributed by atoms with Crippen molar-refractivity contribution in [3.05, 3.63) is 107 Å². The van der Waals surface area contributed by atoms with Gasteiger partial charge >= 0.3 is 0 Å². The van der Waals surface area contributed by atoms with Gasteiger partial charge in [-0.05, 0) is 48.5 Å². The molecule has 1 heterocycles. The second kappa shape index (κ2) is 7.68. The standard InChI is InChI=1S/C25H16O6S2/c26-24-19-13-7-8-14-20(19)31-21-15-16-22(32(27,28)17-9-3-1-4-10-17)25(23(21)24)33(29,30)18-11-5-2-6-12-18/h1-16H. The van der Waals surface area contributed by atoms with E-state index in [1.165, 1.54) is 54.6 Å². The zero-order chi connectivity index (χ0) is 23.2. The maximum atomic E-state index is 13.8. The minimum atomic E-state index is -4.42. The molecule has 0 aliphatic rings. The molecule has 0 bridgehead atoms. The zero-order valence-corrected chi connectivity index (χ0v) is 18.6. The summed E-state index contributed by atoms with van der Waals surface area (Å²) in [4.78, 5) is 12.2. The van der Waals surface area contributed by atoms with Gasteiger partial charge in [0.2, 0.25) is 25.1 Å². The maximum absolute atomic E-state index is 13.8. The molecule has 0 spiro atoms. The number of sulfone groups is 2. The first-order valence-electron chi connectivity index (χ1n) is 9.90. The first-order chi connectivity index (χ1) is 15.8. The summed E-state index contributed by atoms with van der Waals surface area (Å²) in [6.07, 6.45) is 0. The number of para-hydroxylation sites is 1. The Morgan fingerprint density at radius 1 is 0.545 bits per heavy atom. The Kier molecular flexibility index (Phi) is 4.92. The molecule has 4 aromatic carbocycles. The summed E-state index contributed by atoms with van der Waals surface area (Å²) in [6, 6.07) is 23.8. The largest absolute Gasteiger partial charge is 0.456 e. The average molecular weight is 477 g/mol. The Morgan fingerprint density at radius 3 is 1.73 bits per heavy atom. The highest BCUT2D eigenvalue weighted by atomic mass is 32.2. The smallest absolute Gasteiger partial charge is 0.208 e. The van der Waals surface area contributed by atoms with Gasteiger partial charge in [-0.15, -0.1) is 0 Å². The van der Waals surface area contributed by atoms with Crippen LogP contribution in [0.3, 0.4) is 0 Å². The molecular weight excluding hydrogens is 460 g/mol. The number of hydrogen-bond acceptors (Lipinski definition) is 6. The van der Waals surface area contributed by atoms with Gasteiger partial charge in [-0.1, -0.05) is 48.5 Å². The average Bonchev–Trinajstić information content (AvgIpc) is 2.84. The third-order valence-corrected chi connectivity index (χ3v) is 9.12. The first kappa shape index (κ1) is 21.1. The van der Waals surface area contributed by atoms with Crippen molar-refractivity contribution in [1.29, 1.82) is 0 Å². The van der Waals surface area contributed by atoms with Crippen LogP contribution in [0.1, 0.15) is 0 Å². The van der Waals surface area contributed by atoms with Crippen LogP contribution in [0, 0.1) is 0 Å². The van der Waals surface area contributed by atoms with Gasteiger partial charge in [-0.25, -0.2) is 16.8 Å². The fraction of sp³-hybridized carbons (Fsp3) is 0. The molecular formula is C25H16O6S2. The molecule has 0 saturated carbocycles. The normalized spacial score (nSPS) is 12.2. The Balaban J connectivity index is 1.99. The van der Waals surface area contributed by atoms with E-state index in [1.807, 2.05) is 0 Å². The summed E-state index contributed by atoms with van der Waals surface area (Å²) in [6.45, 7) is 0. The molecule has 164 valence electrons. The predicted molar refractivity (Wildman–Crippen MR) is 124 cm³/mol. The summed E-state index contributed by atoms with van der Waals surface area (Å²) in [5.74, 6) is 0. The Labute approximate surface area is 189 Å². The lowest BCUT2D eigenvalue weighted by molar-refractivity contribution is 0.583. The minimum absolute atomic E-state index is 0.0137. The van der Waals surface area contributed by atoms with Crippen LogP contribution < -0.4 is 5.43 Å². The van der Waals surface area contributed by atoms with Gasteiger partial charge < -0.3 is 4.42 Å². The van der Waals surface area contributed by atoms with Gasteiger partial charge in [0.25, 0.3) is 0 Å². The molecule has 0 amide bonds. The van der Waals surface area contributed by atoms with Gasteiger partial charge in [0.15, 0.2) is 0 Å². The summed E-state index contributed by atoms with van der Waals surface area (Å²) in [7, 11) is -8.70. The third kappa shape index (κ3) is 3.35. The SMILES string of the molecule is O=c1c2ccccc2oc2ccc(S(=O)(=O)c3ccccc3)c(S(=O)(=O)c3ccccc3)c12. The van der Waals surface area contributed by atoms with Gasteiger partial charge in [-0.2, -0.15) is 0 Å². The van der Waals surface area contributed by atoms with Gasteiger partial charge in [0.1, 0.15) is 16.1 Å². The number of rotatable bonds is 4. The van der Waals surface area contributed by atoms with Gasteiger partial charge in [0, 0.05) is 0 Å². The van der Waals surface area contributed by atoms with Crippen molar-refractivity contribution in [1.82, 2.24) is 0 Å². The van der Waals surface area contributed by atoms with Crippen LogP contribution >= 0.6 is 0 Å². The van der Waals surface area contributed by atoms with E-state index in [9.17, 15) is 21.6 Å². The second-order valence-corrected chi connectivity index (χ2v) is 11.1. The predicted octanol–water partition coefficient (Wildman–Crippen LogP) is 4.61. The molecule has 0 aliphatic heterocycles. The molecule has 0 radical (unpaired) electrons. The van der Waals surface area contributed by atoms with Gasteiger partial charge in [0.05, 0.1) is 25.5 Å². The lowest BCUT2D eigenvalue weighted by atomic mass is 10.1. The van der Waals surface area contributed by atoms with Crippen LogP contribution in [-0.2, 0) is 19.7 Å². The fourth-order valence-corrected chi connectivity index (χ4v) is 7.33. The number of fused-ring (bicyclic) bond motifs is 2. The van der Waals surface area contributed by atoms with Crippen LogP contribution in [0.2, 0.25) is 0 Å². The Hall–Kier alpha value is -3.75. The Bertz CT molecular complexity index is 1790. The van der Waals surface area contributed by atoms with E-state index in [2.05, 4.69) is 0 Å². The highest BCUT2D eigenvalue weighted by Crippen LogP contribution is 2.36. The second-order valence-electron chi connectivity index (χ2n) is 7.33. The van der Waals surface area contributed by atoms with E-state index in [0.29, 0.717) is 0 Å². The molecule has 5 rings (SSSR count). The van der Waals surface area contributed by atoms with E-state index >= 15 is 0 Å². The number of benzene rings is 4. The maximum Gasteiger partial charge on any atom is 0.208 e. The summed E-state index contributed by atoms with van der Waals surface area (Å²) < 4.78 is 60.5. The van der Waals surface area contributed by atoms with E-state index in [0.717, 1.165) is 0 Å². The number of hydrogen-bond donors (Lipinski definition) is 0.